The number of thioether (sulfide) groups is 1. The molecule has 2 heteroatoms. The summed E-state index contributed by atoms with van der Waals surface area (Å²) in [7, 11) is 0. The summed E-state index contributed by atoms with van der Waals surface area (Å²) >= 11 is 5.86. The van der Waals surface area contributed by atoms with Gasteiger partial charge in [-0.1, -0.05) is 41.1 Å². The zero-order valence-corrected chi connectivity index (χ0v) is 10.1. The first-order valence-electron chi connectivity index (χ1n) is 4.67. The number of fused-ring (bicyclic) bond motifs is 1. The quantitative estimate of drug-likeness (QED) is 0.680. The molecule has 0 aliphatic carbocycles. The smallest absolute Gasteiger partial charge is 0.0522 e. The van der Waals surface area contributed by atoms with Gasteiger partial charge in [0.25, 0.3) is 0 Å². The Morgan fingerprint density at radius 1 is 1.46 bits per heavy atom. The van der Waals surface area contributed by atoms with Gasteiger partial charge in [0.2, 0.25) is 0 Å². The highest BCUT2D eigenvalue weighted by molar-refractivity contribution is 9.09. The molecule has 1 heterocycles. The lowest BCUT2D eigenvalue weighted by atomic mass is 9.93. The fraction of sp³-hybridized carbons (Fsp3) is 0.455. The van der Waals surface area contributed by atoms with Crippen LogP contribution < -0.4 is 0 Å². The molecule has 2 rings (SSSR count). The summed E-state index contributed by atoms with van der Waals surface area (Å²) in [6.45, 7) is 2.25. The maximum atomic E-state index is 3.88. The van der Waals surface area contributed by atoms with Crippen LogP contribution in [-0.4, -0.2) is 5.75 Å². The Kier molecular flexibility index (Phi) is 2.70. The fourth-order valence-corrected chi connectivity index (χ4v) is 3.99. The first-order chi connectivity index (χ1) is 6.26. The predicted molar refractivity (Wildman–Crippen MR) is 62.7 cm³/mol. The minimum Gasteiger partial charge on any atom is -0.126 e. The average Bonchev–Trinajstić information content (AvgIpc) is 2.19. The van der Waals surface area contributed by atoms with Gasteiger partial charge in [-0.05, 0) is 30.2 Å². The topological polar surface area (TPSA) is 0 Å². The monoisotopic (exact) mass is 256 g/mol. The second-order valence-electron chi connectivity index (χ2n) is 3.41. The average molecular weight is 257 g/mol. The maximum absolute atomic E-state index is 3.88. The minimum atomic E-state index is 0.245. The van der Waals surface area contributed by atoms with Crippen molar-refractivity contribution in [2.45, 2.75) is 29.0 Å². The van der Waals surface area contributed by atoms with Gasteiger partial charge in [-0.15, -0.1) is 11.8 Å². The van der Waals surface area contributed by atoms with Gasteiger partial charge in [0.1, 0.15) is 0 Å². The van der Waals surface area contributed by atoms with E-state index in [4.69, 9.17) is 0 Å². The van der Waals surface area contributed by atoms with Crippen LogP contribution in [0, 0.1) is 0 Å². The molecule has 0 amide bonds. The molecule has 1 unspecified atom stereocenters. The lowest BCUT2D eigenvalue weighted by molar-refractivity contribution is 0.580. The molecule has 0 bridgehead atoms. The summed E-state index contributed by atoms with van der Waals surface area (Å²) in [5.74, 6) is 1.23. The van der Waals surface area contributed by atoms with E-state index in [1.54, 1.807) is 0 Å². The number of alkyl halides is 1. The van der Waals surface area contributed by atoms with Crippen molar-refractivity contribution in [2.75, 3.05) is 5.75 Å². The molecule has 1 aromatic rings. The van der Waals surface area contributed by atoms with E-state index in [1.165, 1.54) is 29.1 Å². The second-order valence-corrected chi connectivity index (χ2v) is 6.07. The summed E-state index contributed by atoms with van der Waals surface area (Å²) < 4.78 is 0.245. The Hall–Kier alpha value is 0.0500. The second kappa shape index (κ2) is 3.66. The summed E-state index contributed by atoms with van der Waals surface area (Å²) in [4.78, 5) is 1.45. The standard InChI is InChI=1S/C11H13BrS/c1-2-11(12)7-8-13-10-6-4-3-5-9(10)11/h3-6H,2,7-8H2,1H3. The van der Waals surface area contributed by atoms with Crippen LogP contribution in [0.15, 0.2) is 29.2 Å². The van der Waals surface area contributed by atoms with Crippen molar-refractivity contribution in [3.8, 4) is 0 Å². The van der Waals surface area contributed by atoms with E-state index >= 15 is 0 Å². The minimum absolute atomic E-state index is 0.245. The lowest BCUT2D eigenvalue weighted by Crippen LogP contribution is -2.22. The van der Waals surface area contributed by atoms with Crippen LogP contribution in [-0.2, 0) is 4.32 Å². The molecule has 70 valence electrons. The van der Waals surface area contributed by atoms with Crippen molar-refractivity contribution < 1.29 is 0 Å². The third kappa shape index (κ3) is 1.66. The first-order valence-corrected chi connectivity index (χ1v) is 6.45. The molecule has 0 saturated heterocycles. The Labute approximate surface area is 92.2 Å². The number of benzene rings is 1. The molecule has 0 fully saturated rings. The fourth-order valence-electron chi connectivity index (χ4n) is 1.79. The Morgan fingerprint density at radius 2 is 2.23 bits per heavy atom. The van der Waals surface area contributed by atoms with Crippen LogP contribution in [0.25, 0.3) is 0 Å². The third-order valence-electron chi connectivity index (χ3n) is 2.69. The first kappa shape index (κ1) is 9.60. The van der Waals surface area contributed by atoms with Gasteiger partial charge < -0.3 is 0 Å². The van der Waals surface area contributed by atoms with Crippen LogP contribution in [0.3, 0.4) is 0 Å². The van der Waals surface area contributed by atoms with Gasteiger partial charge in [-0.25, -0.2) is 0 Å². The molecule has 0 aromatic heterocycles. The van der Waals surface area contributed by atoms with Crippen molar-refractivity contribution in [2.24, 2.45) is 0 Å². The van der Waals surface area contributed by atoms with Crippen molar-refractivity contribution in [3.05, 3.63) is 29.8 Å². The van der Waals surface area contributed by atoms with Crippen molar-refractivity contribution in [1.82, 2.24) is 0 Å². The van der Waals surface area contributed by atoms with Crippen LogP contribution in [0.1, 0.15) is 25.3 Å². The maximum Gasteiger partial charge on any atom is 0.0522 e. The van der Waals surface area contributed by atoms with Crippen LogP contribution in [0.4, 0.5) is 0 Å². The summed E-state index contributed by atoms with van der Waals surface area (Å²) in [6, 6.07) is 8.74. The Bertz CT molecular complexity index is 311. The number of hydrogen-bond acceptors (Lipinski definition) is 1. The van der Waals surface area contributed by atoms with E-state index in [-0.39, 0.29) is 4.32 Å². The molecule has 0 N–H and O–H groups in total. The summed E-state index contributed by atoms with van der Waals surface area (Å²) in [5.41, 5.74) is 1.48. The largest absolute Gasteiger partial charge is 0.126 e. The third-order valence-corrected chi connectivity index (χ3v) is 5.15. The lowest BCUT2D eigenvalue weighted by Gasteiger charge is -2.32. The van der Waals surface area contributed by atoms with E-state index in [2.05, 4.69) is 47.1 Å². The highest BCUT2D eigenvalue weighted by Gasteiger charge is 2.31. The molecular weight excluding hydrogens is 244 g/mol. The number of hydrogen-bond donors (Lipinski definition) is 0. The zero-order chi connectivity index (χ0) is 9.31. The molecule has 1 aromatic carbocycles. The molecule has 0 saturated carbocycles. The number of rotatable bonds is 1. The molecule has 0 radical (unpaired) electrons. The van der Waals surface area contributed by atoms with Crippen LogP contribution in [0.5, 0.6) is 0 Å². The van der Waals surface area contributed by atoms with E-state index in [1.807, 2.05) is 11.8 Å². The molecular formula is C11H13BrS. The van der Waals surface area contributed by atoms with Gasteiger partial charge in [0.05, 0.1) is 4.32 Å². The Morgan fingerprint density at radius 3 is 3.00 bits per heavy atom. The highest BCUT2D eigenvalue weighted by atomic mass is 79.9. The van der Waals surface area contributed by atoms with Gasteiger partial charge in [-0.2, -0.15) is 0 Å². The predicted octanol–water partition coefficient (Wildman–Crippen LogP) is 4.18. The normalized spacial score (nSPS) is 26.9. The van der Waals surface area contributed by atoms with Crippen LogP contribution in [0.2, 0.25) is 0 Å². The van der Waals surface area contributed by atoms with Crippen molar-refractivity contribution in [1.29, 1.82) is 0 Å². The highest BCUT2D eigenvalue weighted by Crippen LogP contribution is 2.47. The molecule has 0 spiro atoms. The Balaban J connectivity index is 2.48. The molecule has 1 aliphatic heterocycles. The van der Waals surface area contributed by atoms with E-state index in [0.29, 0.717) is 0 Å². The summed E-state index contributed by atoms with van der Waals surface area (Å²) in [6.07, 6.45) is 2.41. The molecule has 0 nitrogen and oxygen atoms in total. The van der Waals surface area contributed by atoms with Gasteiger partial charge >= 0.3 is 0 Å². The van der Waals surface area contributed by atoms with E-state index < -0.39 is 0 Å². The summed E-state index contributed by atoms with van der Waals surface area (Å²) in [5, 5.41) is 0. The molecule has 13 heavy (non-hydrogen) atoms. The zero-order valence-electron chi connectivity index (χ0n) is 7.72. The van der Waals surface area contributed by atoms with Crippen molar-refractivity contribution in [3.63, 3.8) is 0 Å². The van der Waals surface area contributed by atoms with E-state index in [0.717, 1.165) is 0 Å². The van der Waals surface area contributed by atoms with Gasteiger partial charge in [-0.3, -0.25) is 0 Å². The van der Waals surface area contributed by atoms with E-state index in [9.17, 15) is 0 Å². The molecule has 1 aliphatic rings. The van der Waals surface area contributed by atoms with Gasteiger partial charge in [0.15, 0.2) is 0 Å². The SMILES string of the molecule is CCC1(Br)CCSc2ccccc21. The van der Waals surface area contributed by atoms with Crippen LogP contribution >= 0.6 is 27.7 Å². The van der Waals surface area contributed by atoms with Gasteiger partial charge in [0, 0.05) is 4.90 Å². The molecule has 1 atom stereocenters. The van der Waals surface area contributed by atoms with Crippen molar-refractivity contribution >= 4 is 27.7 Å². The number of halogens is 1.